The van der Waals surface area contributed by atoms with Gasteiger partial charge in [0.05, 0.1) is 0 Å². The molecule has 1 fully saturated rings. The van der Waals surface area contributed by atoms with Gasteiger partial charge in [-0.2, -0.15) is 0 Å². The molecule has 1 aromatic rings. The lowest BCUT2D eigenvalue weighted by atomic mass is 10.2. The second kappa shape index (κ2) is 4.61. The van der Waals surface area contributed by atoms with E-state index >= 15 is 0 Å². The summed E-state index contributed by atoms with van der Waals surface area (Å²) in [6, 6.07) is 2.65. The number of carbonyl (C=O) groups is 2. The largest absolute Gasteiger partial charge is 0.480 e. The van der Waals surface area contributed by atoms with E-state index in [1.807, 2.05) is 6.92 Å². The van der Waals surface area contributed by atoms with E-state index in [9.17, 15) is 9.59 Å². The Morgan fingerprint density at radius 2 is 2.29 bits per heavy atom. The van der Waals surface area contributed by atoms with Crippen molar-refractivity contribution in [1.82, 2.24) is 4.90 Å². The number of carboxylic acids is 1. The first-order chi connectivity index (χ1) is 8.13. The summed E-state index contributed by atoms with van der Waals surface area (Å²) in [5, 5.41) is 9.01. The minimum atomic E-state index is -0.946. The van der Waals surface area contributed by atoms with Crippen molar-refractivity contribution in [2.45, 2.75) is 32.2 Å². The third kappa shape index (κ3) is 2.18. The molecule has 2 rings (SSSR count). The predicted octanol–water partition coefficient (Wildman–Crippen LogP) is 1.53. The molecule has 1 N–H and O–H groups in total. The monoisotopic (exact) mass is 237 g/mol. The van der Waals surface area contributed by atoms with E-state index < -0.39 is 12.0 Å². The van der Waals surface area contributed by atoms with Gasteiger partial charge in [0.15, 0.2) is 5.76 Å². The Hall–Kier alpha value is -1.78. The van der Waals surface area contributed by atoms with Crippen LogP contribution in [0.2, 0.25) is 0 Å². The number of aliphatic carboxylic acids is 1. The van der Waals surface area contributed by atoms with E-state index in [1.165, 1.54) is 4.90 Å². The Balaban J connectivity index is 2.16. The standard InChI is InChI=1S/C12H15NO4/c1-2-8-5-6-10(17-8)11(14)13-7-3-4-9(13)12(15)16/h5-6,9H,2-4,7H2,1H3,(H,15,16)/t9-/m1/s1. The highest BCUT2D eigenvalue weighted by molar-refractivity contribution is 5.94. The molecule has 2 heterocycles. The van der Waals surface area contributed by atoms with Crippen LogP contribution in [0.1, 0.15) is 36.1 Å². The van der Waals surface area contributed by atoms with Crippen molar-refractivity contribution < 1.29 is 19.1 Å². The molecule has 5 nitrogen and oxygen atoms in total. The molecule has 0 aromatic carbocycles. The van der Waals surface area contributed by atoms with Gasteiger partial charge in [-0.25, -0.2) is 4.79 Å². The Bertz CT molecular complexity index is 437. The smallest absolute Gasteiger partial charge is 0.326 e. The predicted molar refractivity (Wildman–Crippen MR) is 59.8 cm³/mol. The van der Waals surface area contributed by atoms with Crippen LogP contribution in [0.15, 0.2) is 16.5 Å². The highest BCUT2D eigenvalue weighted by Crippen LogP contribution is 2.21. The zero-order valence-corrected chi connectivity index (χ0v) is 9.68. The van der Waals surface area contributed by atoms with Crippen LogP contribution >= 0.6 is 0 Å². The summed E-state index contributed by atoms with van der Waals surface area (Å²) in [7, 11) is 0. The van der Waals surface area contributed by atoms with E-state index in [0.29, 0.717) is 13.0 Å². The summed E-state index contributed by atoms with van der Waals surface area (Å²) in [6.07, 6.45) is 1.96. The molecule has 0 radical (unpaired) electrons. The van der Waals surface area contributed by atoms with E-state index in [2.05, 4.69) is 0 Å². The van der Waals surface area contributed by atoms with Gasteiger partial charge in [-0.3, -0.25) is 4.79 Å². The molecule has 0 bridgehead atoms. The number of hydrogen-bond donors (Lipinski definition) is 1. The maximum absolute atomic E-state index is 12.1. The van der Waals surface area contributed by atoms with Crippen LogP contribution in [0.4, 0.5) is 0 Å². The maximum atomic E-state index is 12.1. The average molecular weight is 237 g/mol. The summed E-state index contributed by atoms with van der Waals surface area (Å²) in [5.74, 6) is -0.304. The van der Waals surface area contributed by atoms with Crippen molar-refractivity contribution >= 4 is 11.9 Å². The summed E-state index contributed by atoms with van der Waals surface area (Å²) in [5.41, 5.74) is 0. The number of nitrogens with zero attached hydrogens (tertiary/aromatic N) is 1. The van der Waals surface area contributed by atoms with Crippen LogP contribution < -0.4 is 0 Å². The van der Waals surface area contributed by atoms with Crippen LogP contribution in [-0.2, 0) is 11.2 Å². The Labute approximate surface area is 99.0 Å². The second-order valence-electron chi connectivity index (χ2n) is 4.11. The number of rotatable bonds is 3. The van der Waals surface area contributed by atoms with Gasteiger partial charge in [0.25, 0.3) is 5.91 Å². The quantitative estimate of drug-likeness (QED) is 0.865. The molecule has 1 aliphatic rings. The van der Waals surface area contributed by atoms with Crippen molar-refractivity contribution in [2.24, 2.45) is 0 Å². The average Bonchev–Trinajstić information content (AvgIpc) is 2.97. The number of amides is 1. The molecule has 1 saturated heterocycles. The van der Waals surface area contributed by atoms with Gasteiger partial charge in [0.2, 0.25) is 0 Å². The molecule has 1 amide bonds. The third-order valence-corrected chi connectivity index (χ3v) is 3.02. The first kappa shape index (κ1) is 11.7. The molecule has 0 unspecified atom stereocenters. The van der Waals surface area contributed by atoms with Crippen molar-refractivity contribution in [3.63, 3.8) is 0 Å². The summed E-state index contributed by atoms with van der Waals surface area (Å²) >= 11 is 0. The molecule has 0 spiro atoms. The van der Waals surface area contributed by atoms with E-state index in [4.69, 9.17) is 9.52 Å². The highest BCUT2D eigenvalue weighted by Gasteiger charge is 2.35. The lowest BCUT2D eigenvalue weighted by molar-refractivity contribution is -0.141. The van der Waals surface area contributed by atoms with Crippen molar-refractivity contribution in [2.75, 3.05) is 6.54 Å². The molecule has 17 heavy (non-hydrogen) atoms. The van der Waals surface area contributed by atoms with Gasteiger partial charge in [0, 0.05) is 13.0 Å². The fraction of sp³-hybridized carbons (Fsp3) is 0.500. The zero-order chi connectivity index (χ0) is 12.4. The van der Waals surface area contributed by atoms with Crippen molar-refractivity contribution in [3.05, 3.63) is 23.7 Å². The summed E-state index contributed by atoms with van der Waals surface area (Å²) in [6.45, 7) is 2.42. The summed E-state index contributed by atoms with van der Waals surface area (Å²) in [4.78, 5) is 24.4. The molecular formula is C12H15NO4. The van der Waals surface area contributed by atoms with Gasteiger partial charge in [0.1, 0.15) is 11.8 Å². The first-order valence-electron chi connectivity index (χ1n) is 5.76. The lowest BCUT2D eigenvalue weighted by Gasteiger charge is -2.19. The number of carbonyl (C=O) groups excluding carboxylic acids is 1. The van der Waals surface area contributed by atoms with Gasteiger partial charge < -0.3 is 14.4 Å². The maximum Gasteiger partial charge on any atom is 0.326 e. The second-order valence-corrected chi connectivity index (χ2v) is 4.11. The van der Waals surface area contributed by atoms with Gasteiger partial charge in [-0.15, -0.1) is 0 Å². The fourth-order valence-corrected chi connectivity index (χ4v) is 2.09. The minimum absolute atomic E-state index is 0.231. The molecule has 5 heteroatoms. The highest BCUT2D eigenvalue weighted by atomic mass is 16.4. The Morgan fingerprint density at radius 3 is 2.88 bits per heavy atom. The van der Waals surface area contributed by atoms with Crippen molar-refractivity contribution in [3.8, 4) is 0 Å². The van der Waals surface area contributed by atoms with Crippen LogP contribution in [0, 0.1) is 0 Å². The third-order valence-electron chi connectivity index (χ3n) is 3.02. The molecule has 92 valence electrons. The van der Waals surface area contributed by atoms with E-state index in [1.54, 1.807) is 12.1 Å². The van der Waals surface area contributed by atoms with Gasteiger partial charge in [-0.05, 0) is 25.0 Å². The Morgan fingerprint density at radius 1 is 1.53 bits per heavy atom. The van der Waals surface area contributed by atoms with Crippen molar-refractivity contribution in [1.29, 1.82) is 0 Å². The fourth-order valence-electron chi connectivity index (χ4n) is 2.09. The molecular weight excluding hydrogens is 222 g/mol. The lowest BCUT2D eigenvalue weighted by Crippen LogP contribution is -2.40. The molecule has 1 aromatic heterocycles. The number of hydrogen-bond acceptors (Lipinski definition) is 3. The number of carboxylic acid groups (broad SMARTS) is 1. The van der Waals surface area contributed by atoms with E-state index in [0.717, 1.165) is 18.6 Å². The first-order valence-corrected chi connectivity index (χ1v) is 5.76. The topological polar surface area (TPSA) is 70.8 Å². The minimum Gasteiger partial charge on any atom is -0.480 e. The summed E-state index contributed by atoms with van der Waals surface area (Å²) < 4.78 is 5.35. The number of furan rings is 1. The van der Waals surface area contributed by atoms with Crippen LogP contribution in [0.25, 0.3) is 0 Å². The van der Waals surface area contributed by atoms with Crippen LogP contribution in [-0.4, -0.2) is 34.5 Å². The molecule has 1 atom stereocenters. The normalized spacial score (nSPS) is 19.6. The number of likely N-dealkylation sites (tertiary alicyclic amines) is 1. The van der Waals surface area contributed by atoms with Gasteiger partial charge >= 0.3 is 5.97 Å². The molecule has 0 saturated carbocycles. The van der Waals surface area contributed by atoms with Gasteiger partial charge in [-0.1, -0.05) is 6.92 Å². The van der Waals surface area contributed by atoms with E-state index in [-0.39, 0.29) is 11.7 Å². The van der Waals surface area contributed by atoms with Crippen LogP contribution in [0.5, 0.6) is 0 Å². The molecule has 1 aliphatic heterocycles. The Kier molecular flexibility index (Phi) is 3.17. The number of aryl methyl sites for hydroxylation is 1. The SMILES string of the molecule is CCc1ccc(C(=O)N2CCC[C@@H]2C(=O)O)o1. The molecule has 0 aliphatic carbocycles. The van der Waals surface area contributed by atoms with Crippen LogP contribution in [0.3, 0.4) is 0 Å². The zero-order valence-electron chi connectivity index (χ0n) is 9.68.